The number of allylic oxidation sites excluding steroid dienone is 11. The number of hydrogen-bond donors (Lipinski definition) is 3. The summed E-state index contributed by atoms with van der Waals surface area (Å²) in [6, 6.07) is 0. The molecule has 6 unspecified atom stereocenters. The number of aliphatic hydroxyl groups excluding tert-OH is 2. The zero-order valence-corrected chi connectivity index (χ0v) is 43.0. The summed E-state index contributed by atoms with van der Waals surface area (Å²) in [7, 11) is 0. The molecule has 12 nitrogen and oxygen atoms in total. The molecule has 0 spiro atoms. The highest BCUT2D eigenvalue weighted by atomic mass is 16.7. The molecule has 0 aliphatic carbocycles. The van der Waals surface area contributed by atoms with E-state index in [9.17, 15) is 34.5 Å². The van der Waals surface area contributed by atoms with Crippen molar-refractivity contribution in [2.24, 2.45) is 0 Å². The molecule has 0 amide bonds. The van der Waals surface area contributed by atoms with Gasteiger partial charge in [0.1, 0.15) is 18.8 Å². The van der Waals surface area contributed by atoms with Crippen molar-refractivity contribution < 1.29 is 58.2 Å². The van der Waals surface area contributed by atoms with Crippen LogP contribution < -0.4 is 0 Å². The number of carboxylic acids is 1. The summed E-state index contributed by atoms with van der Waals surface area (Å²) >= 11 is 0. The lowest BCUT2D eigenvalue weighted by Crippen LogP contribution is -2.61. The number of carbonyl (C=O) groups is 4. The topological polar surface area (TPSA) is 175 Å². The standard InChI is InChI=1S/C57H94O12/c1-4-7-10-13-16-19-22-24-25-27-30-33-36-39-42-45-51(60)68-55-53(62)52(61)54(56(63)64)69-57(55)66-47-48(67-50(59)44-41-38-35-32-28-21-18-15-12-9-6-3)46-65-49(58)43-40-37-34-31-29-26-23-20-17-14-11-8-5-2/h7,10,16,19-20,23-25,30,33,39,42,48,52-55,57,61-62H,4-6,8-9,11-15,17-18,21-22,26-29,31-32,34-38,40-41,43-47H2,1-3H3,(H,63,64)/b10-7-,19-16-,23-20-,25-24-,33-30-,42-39-. The first kappa shape index (κ1) is 63.2. The monoisotopic (exact) mass is 971 g/mol. The van der Waals surface area contributed by atoms with Gasteiger partial charge in [-0.3, -0.25) is 14.4 Å². The largest absolute Gasteiger partial charge is 0.479 e. The molecule has 3 N–H and O–H groups in total. The molecule has 1 rings (SSSR count). The lowest BCUT2D eigenvalue weighted by molar-refractivity contribution is -0.301. The van der Waals surface area contributed by atoms with E-state index < -0.39 is 67.3 Å². The molecule has 1 fully saturated rings. The van der Waals surface area contributed by atoms with Crippen LogP contribution in [-0.2, 0) is 42.9 Å². The zero-order valence-electron chi connectivity index (χ0n) is 43.0. The van der Waals surface area contributed by atoms with Crippen LogP contribution >= 0.6 is 0 Å². The SMILES string of the molecule is CC/C=C\C/C=C\C/C=C\C/C=C\C/C=C\CC(=O)OC1C(OCC(COC(=O)CCCCCCC/C=C\CCCCCC)OC(=O)CCCCCCCCCCCCC)OC(C(=O)O)C(O)C1O. The normalized spacial score (nSPS) is 19.2. The molecule has 6 atom stereocenters. The Morgan fingerprint density at radius 3 is 1.46 bits per heavy atom. The van der Waals surface area contributed by atoms with Crippen LogP contribution in [0.15, 0.2) is 72.9 Å². The molecule has 0 aromatic rings. The van der Waals surface area contributed by atoms with Crippen molar-refractivity contribution in [3.63, 3.8) is 0 Å². The van der Waals surface area contributed by atoms with Crippen LogP contribution in [0.2, 0.25) is 0 Å². The van der Waals surface area contributed by atoms with E-state index in [1.165, 1.54) is 70.6 Å². The number of aliphatic carboxylic acids is 1. The van der Waals surface area contributed by atoms with Gasteiger partial charge in [-0.25, -0.2) is 4.79 Å². The summed E-state index contributed by atoms with van der Waals surface area (Å²) in [5, 5.41) is 31.3. The lowest BCUT2D eigenvalue weighted by atomic mass is 9.98. The average Bonchev–Trinajstić information content (AvgIpc) is 3.33. The highest BCUT2D eigenvalue weighted by molar-refractivity contribution is 5.74. The highest BCUT2D eigenvalue weighted by Gasteiger charge is 2.50. The average molecular weight is 971 g/mol. The molecule has 0 saturated carbocycles. The fourth-order valence-electron chi connectivity index (χ4n) is 7.67. The smallest absolute Gasteiger partial charge is 0.335 e. The minimum atomic E-state index is -1.93. The van der Waals surface area contributed by atoms with E-state index in [0.29, 0.717) is 19.3 Å². The fourth-order valence-corrected chi connectivity index (χ4v) is 7.67. The van der Waals surface area contributed by atoms with Gasteiger partial charge in [0.15, 0.2) is 24.6 Å². The molecule has 69 heavy (non-hydrogen) atoms. The first-order chi connectivity index (χ1) is 33.6. The number of rotatable bonds is 44. The van der Waals surface area contributed by atoms with Gasteiger partial charge in [0.25, 0.3) is 0 Å². The first-order valence-electron chi connectivity index (χ1n) is 26.9. The quantitative estimate of drug-likeness (QED) is 0.0228. The van der Waals surface area contributed by atoms with Crippen molar-refractivity contribution in [3.8, 4) is 0 Å². The summed E-state index contributed by atoms with van der Waals surface area (Å²) in [6.45, 7) is 5.78. The second-order valence-corrected chi connectivity index (χ2v) is 18.2. The summed E-state index contributed by atoms with van der Waals surface area (Å²) in [5.74, 6) is -3.29. The van der Waals surface area contributed by atoms with Gasteiger partial charge in [-0.15, -0.1) is 0 Å². The molecule has 12 heteroatoms. The van der Waals surface area contributed by atoms with Gasteiger partial charge in [0.05, 0.1) is 13.0 Å². The van der Waals surface area contributed by atoms with Crippen molar-refractivity contribution in [3.05, 3.63) is 72.9 Å². The van der Waals surface area contributed by atoms with Crippen LogP contribution in [0.25, 0.3) is 0 Å². The maximum absolute atomic E-state index is 13.1. The summed E-state index contributed by atoms with van der Waals surface area (Å²) in [4.78, 5) is 50.8. The van der Waals surface area contributed by atoms with Gasteiger partial charge in [-0.05, 0) is 70.6 Å². The number of ether oxygens (including phenoxy) is 5. The van der Waals surface area contributed by atoms with Gasteiger partial charge in [-0.1, -0.05) is 196 Å². The van der Waals surface area contributed by atoms with E-state index in [1.807, 2.05) is 12.2 Å². The van der Waals surface area contributed by atoms with Gasteiger partial charge in [-0.2, -0.15) is 0 Å². The van der Waals surface area contributed by atoms with E-state index in [0.717, 1.165) is 83.5 Å². The molecular formula is C57H94O12. The fraction of sp³-hybridized carbons (Fsp3) is 0.719. The van der Waals surface area contributed by atoms with E-state index in [1.54, 1.807) is 12.2 Å². The minimum Gasteiger partial charge on any atom is -0.479 e. The lowest BCUT2D eigenvalue weighted by Gasteiger charge is -2.40. The third-order valence-corrected chi connectivity index (χ3v) is 11.8. The van der Waals surface area contributed by atoms with Crippen LogP contribution in [0.5, 0.6) is 0 Å². The third-order valence-electron chi connectivity index (χ3n) is 11.8. The van der Waals surface area contributed by atoms with Gasteiger partial charge >= 0.3 is 23.9 Å². The zero-order chi connectivity index (χ0) is 50.4. The van der Waals surface area contributed by atoms with Crippen LogP contribution in [-0.4, -0.2) is 89.2 Å². The first-order valence-corrected chi connectivity index (χ1v) is 26.9. The molecule has 1 aliphatic rings. The predicted molar refractivity (Wildman–Crippen MR) is 275 cm³/mol. The highest BCUT2D eigenvalue weighted by Crippen LogP contribution is 2.26. The molecule has 0 bridgehead atoms. The predicted octanol–water partition coefficient (Wildman–Crippen LogP) is 13.0. The van der Waals surface area contributed by atoms with Crippen molar-refractivity contribution in [2.45, 2.75) is 250 Å². The molecule has 1 saturated heterocycles. The summed E-state index contributed by atoms with van der Waals surface area (Å²) in [5.41, 5.74) is 0. The summed E-state index contributed by atoms with van der Waals surface area (Å²) < 4.78 is 28.2. The maximum Gasteiger partial charge on any atom is 0.335 e. The van der Waals surface area contributed by atoms with Crippen molar-refractivity contribution in [1.29, 1.82) is 0 Å². The van der Waals surface area contributed by atoms with Crippen molar-refractivity contribution in [1.82, 2.24) is 0 Å². The Labute approximate surface area is 417 Å². The van der Waals surface area contributed by atoms with Crippen LogP contribution in [0, 0.1) is 0 Å². The van der Waals surface area contributed by atoms with Gasteiger partial charge in [0, 0.05) is 12.8 Å². The summed E-state index contributed by atoms with van der Waals surface area (Å²) in [6.07, 6.45) is 43.4. The number of aliphatic hydroxyl groups is 2. The molecule has 394 valence electrons. The van der Waals surface area contributed by atoms with E-state index in [-0.39, 0.29) is 25.9 Å². The third kappa shape index (κ3) is 35.8. The number of esters is 3. The van der Waals surface area contributed by atoms with Gasteiger partial charge in [0.2, 0.25) is 0 Å². The van der Waals surface area contributed by atoms with Crippen LogP contribution in [0.4, 0.5) is 0 Å². The number of carboxylic acid groups (broad SMARTS) is 1. The number of hydrogen-bond acceptors (Lipinski definition) is 11. The Morgan fingerprint density at radius 2 is 0.957 bits per heavy atom. The van der Waals surface area contributed by atoms with Gasteiger partial charge < -0.3 is 39.0 Å². The Bertz CT molecular complexity index is 1480. The van der Waals surface area contributed by atoms with Crippen LogP contribution in [0.1, 0.15) is 213 Å². The number of carbonyl (C=O) groups excluding carboxylic acids is 3. The van der Waals surface area contributed by atoms with Crippen molar-refractivity contribution >= 4 is 23.9 Å². The van der Waals surface area contributed by atoms with E-state index >= 15 is 0 Å². The second-order valence-electron chi connectivity index (χ2n) is 18.2. The molecular weight excluding hydrogens is 877 g/mol. The Balaban J connectivity index is 2.78. The number of unbranched alkanes of at least 4 members (excludes halogenated alkanes) is 19. The molecule has 0 aromatic carbocycles. The van der Waals surface area contributed by atoms with E-state index in [2.05, 4.69) is 69.4 Å². The molecule has 1 heterocycles. The molecule has 0 aromatic heterocycles. The van der Waals surface area contributed by atoms with E-state index in [4.69, 9.17) is 23.7 Å². The van der Waals surface area contributed by atoms with Crippen LogP contribution in [0.3, 0.4) is 0 Å². The Morgan fingerprint density at radius 1 is 0.507 bits per heavy atom. The second kappa shape index (κ2) is 45.3. The Hall–Kier alpha value is -3.84. The molecule has 0 radical (unpaired) electrons. The Kier molecular flexibility index (Phi) is 41.5. The maximum atomic E-state index is 13.1. The van der Waals surface area contributed by atoms with Crippen molar-refractivity contribution in [2.75, 3.05) is 13.2 Å². The minimum absolute atomic E-state index is 0.151. The molecule has 1 aliphatic heterocycles.